The predicted octanol–water partition coefficient (Wildman–Crippen LogP) is 3.88. The van der Waals surface area contributed by atoms with Crippen molar-refractivity contribution in [3.8, 4) is 0 Å². The monoisotopic (exact) mass is 413 g/mol. The van der Waals surface area contributed by atoms with Gasteiger partial charge in [0.05, 0.1) is 15.6 Å². The van der Waals surface area contributed by atoms with E-state index >= 15 is 0 Å². The molecule has 0 heterocycles. The minimum absolute atomic E-state index is 0.0217. The van der Waals surface area contributed by atoms with Gasteiger partial charge in [-0.25, -0.2) is 0 Å². The van der Waals surface area contributed by atoms with Gasteiger partial charge in [-0.15, -0.1) is 0 Å². The van der Waals surface area contributed by atoms with Crippen molar-refractivity contribution in [1.82, 2.24) is 15.5 Å². The minimum Gasteiger partial charge on any atom is -0.352 e. The number of carbonyl (C=O) groups excluding carboxylic acids is 2. The fraction of sp³-hybridized carbons (Fsp3) is 0.600. The molecule has 1 aliphatic rings. The van der Waals surface area contributed by atoms with Crippen molar-refractivity contribution >= 4 is 35.0 Å². The number of hydrogen-bond acceptors (Lipinski definition) is 3. The van der Waals surface area contributed by atoms with Crippen molar-refractivity contribution in [3.05, 3.63) is 33.8 Å². The number of rotatable bonds is 6. The Kier molecular flexibility index (Phi) is 7.95. The summed E-state index contributed by atoms with van der Waals surface area (Å²) >= 11 is 12.0. The lowest BCUT2D eigenvalue weighted by Gasteiger charge is -2.40. The molecular formula is C20H29Cl2N3O2. The second kappa shape index (κ2) is 9.76. The zero-order valence-corrected chi connectivity index (χ0v) is 17.8. The van der Waals surface area contributed by atoms with Crippen molar-refractivity contribution in [2.75, 3.05) is 20.6 Å². The van der Waals surface area contributed by atoms with Crippen LogP contribution in [0.5, 0.6) is 0 Å². The number of benzene rings is 1. The van der Waals surface area contributed by atoms with E-state index in [1.165, 1.54) is 25.7 Å². The van der Waals surface area contributed by atoms with Gasteiger partial charge in [-0.2, -0.15) is 0 Å². The Bertz CT molecular complexity index is 671. The summed E-state index contributed by atoms with van der Waals surface area (Å²) in [6.45, 7) is 2.25. The Morgan fingerprint density at radius 2 is 1.78 bits per heavy atom. The zero-order chi connectivity index (χ0) is 20.0. The van der Waals surface area contributed by atoms with Crippen LogP contribution in [0.3, 0.4) is 0 Å². The summed E-state index contributed by atoms with van der Waals surface area (Å²) in [4.78, 5) is 27.2. The molecule has 5 nitrogen and oxygen atoms in total. The Morgan fingerprint density at radius 3 is 2.37 bits per heavy atom. The van der Waals surface area contributed by atoms with Crippen molar-refractivity contribution < 1.29 is 9.59 Å². The molecular weight excluding hydrogens is 385 g/mol. The summed E-state index contributed by atoms with van der Waals surface area (Å²) in [6.07, 6.45) is 6.98. The number of carbonyl (C=O) groups is 2. The molecule has 0 radical (unpaired) electrons. The third-order valence-electron chi connectivity index (χ3n) is 5.51. The first kappa shape index (κ1) is 22.0. The Morgan fingerprint density at radius 1 is 1.15 bits per heavy atom. The largest absolute Gasteiger partial charge is 0.352 e. The second-order valence-electron chi connectivity index (χ2n) is 7.55. The molecule has 1 saturated carbocycles. The van der Waals surface area contributed by atoms with E-state index in [2.05, 4.69) is 29.6 Å². The van der Waals surface area contributed by atoms with E-state index < -0.39 is 11.9 Å². The SMILES string of the molecule is CC(NC(=O)c1cccc(Cl)c1Cl)C(=O)NCC1(N(C)C)CCCCCC1. The number of hydrogen-bond donors (Lipinski definition) is 2. The molecule has 0 bridgehead atoms. The van der Waals surface area contributed by atoms with Crippen LogP contribution in [0.4, 0.5) is 0 Å². The molecule has 7 heteroatoms. The van der Waals surface area contributed by atoms with E-state index in [0.717, 1.165) is 12.8 Å². The fourth-order valence-electron chi connectivity index (χ4n) is 3.59. The first-order valence-electron chi connectivity index (χ1n) is 9.47. The number of amides is 2. The molecule has 150 valence electrons. The topological polar surface area (TPSA) is 61.4 Å². The van der Waals surface area contributed by atoms with E-state index in [1.807, 2.05) is 0 Å². The molecule has 1 fully saturated rings. The fourth-order valence-corrected chi connectivity index (χ4v) is 3.98. The van der Waals surface area contributed by atoms with Gasteiger partial charge in [0, 0.05) is 12.1 Å². The molecule has 0 saturated heterocycles. The highest BCUT2D eigenvalue weighted by Crippen LogP contribution is 2.30. The van der Waals surface area contributed by atoms with Gasteiger partial charge in [0.25, 0.3) is 5.91 Å². The highest BCUT2D eigenvalue weighted by Gasteiger charge is 2.34. The van der Waals surface area contributed by atoms with Crippen LogP contribution in [-0.4, -0.2) is 48.9 Å². The van der Waals surface area contributed by atoms with Gasteiger partial charge in [0.1, 0.15) is 6.04 Å². The maximum absolute atomic E-state index is 12.6. The van der Waals surface area contributed by atoms with Gasteiger partial charge in [-0.3, -0.25) is 9.59 Å². The Balaban J connectivity index is 1.96. The van der Waals surface area contributed by atoms with Crippen LogP contribution in [0.15, 0.2) is 18.2 Å². The van der Waals surface area contributed by atoms with Crippen molar-refractivity contribution in [1.29, 1.82) is 0 Å². The third kappa shape index (κ3) is 5.59. The summed E-state index contributed by atoms with van der Waals surface area (Å²) in [6, 6.07) is 4.18. The van der Waals surface area contributed by atoms with Crippen LogP contribution in [0, 0.1) is 0 Å². The molecule has 1 aromatic rings. The highest BCUT2D eigenvalue weighted by atomic mass is 35.5. The van der Waals surface area contributed by atoms with Crippen molar-refractivity contribution in [2.24, 2.45) is 0 Å². The van der Waals surface area contributed by atoms with Gasteiger partial charge in [0.2, 0.25) is 5.91 Å². The van der Waals surface area contributed by atoms with Crippen LogP contribution in [0.1, 0.15) is 55.8 Å². The quantitative estimate of drug-likeness (QED) is 0.695. The smallest absolute Gasteiger partial charge is 0.253 e. The summed E-state index contributed by atoms with van der Waals surface area (Å²) in [5.41, 5.74) is 0.240. The van der Waals surface area contributed by atoms with Crippen LogP contribution >= 0.6 is 23.2 Å². The van der Waals surface area contributed by atoms with Crippen LogP contribution in [0.2, 0.25) is 10.0 Å². The van der Waals surface area contributed by atoms with Crippen LogP contribution in [0.25, 0.3) is 0 Å². The predicted molar refractivity (Wildman–Crippen MR) is 111 cm³/mol. The van der Waals surface area contributed by atoms with Gasteiger partial charge in [-0.1, -0.05) is 55.0 Å². The summed E-state index contributed by atoms with van der Waals surface area (Å²) in [7, 11) is 4.15. The third-order valence-corrected chi connectivity index (χ3v) is 6.33. The van der Waals surface area contributed by atoms with E-state index in [1.54, 1.807) is 25.1 Å². The molecule has 1 aromatic carbocycles. The lowest BCUT2D eigenvalue weighted by molar-refractivity contribution is -0.123. The number of likely N-dealkylation sites (N-methyl/N-ethyl adjacent to an activating group) is 1. The minimum atomic E-state index is -0.669. The van der Waals surface area contributed by atoms with E-state index in [0.29, 0.717) is 11.6 Å². The van der Waals surface area contributed by atoms with Crippen LogP contribution < -0.4 is 10.6 Å². The molecule has 0 aromatic heterocycles. The summed E-state index contributed by atoms with van der Waals surface area (Å²) in [5, 5.41) is 6.23. The average molecular weight is 414 g/mol. The molecule has 27 heavy (non-hydrogen) atoms. The average Bonchev–Trinajstić information content (AvgIpc) is 2.88. The molecule has 1 unspecified atom stereocenters. The molecule has 1 atom stereocenters. The van der Waals surface area contributed by atoms with Gasteiger partial charge in [-0.05, 0) is 46.0 Å². The Hall–Kier alpha value is -1.30. The molecule has 2 N–H and O–H groups in total. The first-order chi connectivity index (χ1) is 12.8. The normalized spacial score (nSPS) is 17.9. The van der Waals surface area contributed by atoms with Crippen molar-refractivity contribution in [3.63, 3.8) is 0 Å². The van der Waals surface area contributed by atoms with Gasteiger partial charge in [0.15, 0.2) is 0 Å². The van der Waals surface area contributed by atoms with Crippen molar-refractivity contribution in [2.45, 2.75) is 57.0 Å². The first-order valence-corrected chi connectivity index (χ1v) is 10.2. The van der Waals surface area contributed by atoms with E-state index in [-0.39, 0.29) is 22.0 Å². The number of nitrogens with one attached hydrogen (secondary N) is 2. The van der Waals surface area contributed by atoms with Gasteiger partial charge >= 0.3 is 0 Å². The Labute approximate surface area is 171 Å². The lowest BCUT2D eigenvalue weighted by atomic mass is 9.88. The summed E-state index contributed by atoms with van der Waals surface area (Å²) < 4.78 is 0. The molecule has 0 spiro atoms. The standard InChI is InChI=1S/C20H29Cl2N3O2/c1-14(24-19(27)15-9-8-10-16(21)17(15)22)18(26)23-13-20(25(2)3)11-6-4-5-7-12-20/h8-10,14H,4-7,11-13H2,1-3H3,(H,23,26)(H,24,27). The lowest BCUT2D eigenvalue weighted by Crippen LogP contribution is -2.55. The molecule has 2 amide bonds. The zero-order valence-electron chi connectivity index (χ0n) is 16.3. The number of halogens is 2. The van der Waals surface area contributed by atoms with E-state index in [9.17, 15) is 9.59 Å². The van der Waals surface area contributed by atoms with Crippen LogP contribution in [-0.2, 0) is 4.79 Å². The maximum atomic E-state index is 12.6. The highest BCUT2D eigenvalue weighted by molar-refractivity contribution is 6.43. The number of nitrogens with zero attached hydrogens (tertiary/aromatic N) is 1. The molecule has 1 aliphatic carbocycles. The maximum Gasteiger partial charge on any atom is 0.253 e. The van der Waals surface area contributed by atoms with E-state index in [4.69, 9.17) is 23.2 Å². The molecule has 2 rings (SSSR count). The van der Waals surface area contributed by atoms with Gasteiger partial charge < -0.3 is 15.5 Å². The molecule has 0 aliphatic heterocycles. The summed E-state index contributed by atoms with van der Waals surface area (Å²) in [5.74, 6) is -0.617. The second-order valence-corrected chi connectivity index (χ2v) is 8.33.